The van der Waals surface area contributed by atoms with Crippen LogP contribution in [0.2, 0.25) is 19.6 Å². The van der Waals surface area contributed by atoms with Gasteiger partial charge < -0.3 is 9.16 Å². The van der Waals surface area contributed by atoms with Gasteiger partial charge in [0.25, 0.3) is 0 Å². The van der Waals surface area contributed by atoms with Gasteiger partial charge in [-0.1, -0.05) is 56.9 Å². The van der Waals surface area contributed by atoms with Crippen LogP contribution >= 0.6 is 0 Å². The van der Waals surface area contributed by atoms with Crippen molar-refractivity contribution in [1.29, 1.82) is 0 Å². The van der Waals surface area contributed by atoms with Gasteiger partial charge >= 0.3 is 5.97 Å². The number of allylic oxidation sites excluding steroid dienone is 4. The van der Waals surface area contributed by atoms with Crippen molar-refractivity contribution in [3.63, 3.8) is 0 Å². The second kappa shape index (κ2) is 15.8. The van der Waals surface area contributed by atoms with Gasteiger partial charge in [0.15, 0.2) is 14.1 Å². The van der Waals surface area contributed by atoms with Crippen LogP contribution in [0.3, 0.4) is 0 Å². The highest BCUT2D eigenvalue weighted by atomic mass is 28.4. The predicted octanol–water partition coefficient (Wildman–Crippen LogP) is 5.98. The van der Waals surface area contributed by atoms with Crippen LogP contribution in [0.5, 0.6) is 0 Å². The van der Waals surface area contributed by atoms with Crippen molar-refractivity contribution in [2.75, 3.05) is 7.11 Å². The van der Waals surface area contributed by atoms with E-state index in [0.717, 1.165) is 51.4 Å². The molecule has 0 fully saturated rings. The first kappa shape index (κ1) is 25.8. The van der Waals surface area contributed by atoms with Gasteiger partial charge in [0.2, 0.25) is 0 Å². The van der Waals surface area contributed by atoms with Crippen LogP contribution in [0.4, 0.5) is 0 Å². The summed E-state index contributed by atoms with van der Waals surface area (Å²) in [5.74, 6) is 0.0567. The maximum absolute atomic E-state index is 12.6. The molecule has 0 aromatic rings. The summed E-state index contributed by atoms with van der Waals surface area (Å²) in [7, 11) is -0.328. The molecule has 0 bridgehead atoms. The number of ether oxygens (including phenoxy) is 1. The molecule has 0 amide bonds. The van der Waals surface area contributed by atoms with Crippen LogP contribution < -0.4 is 0 Å². The number of hydrogen-bond donors (Lipinski definition) is 0. The molecular formula is C22H40O4Si. The molecule has 0 N–H and O–H groups in total. The Balaban J connectivity index is 4.22. The molecule has 0 radical (unpaired) electrons. The Bertz CT molecular complexity index is 463. The minimum absolute atomic E-state index is 0.137. The lowest BCUT2D eigenvalue weighted by Crippen LogP contribution is -2.36. The molecule has 1 unspecified atom stereocenters. The predicted molar refractivity (Wildman–Crippen MR) is 115 cm³/mol. The molecule has 27 heavy (non-hydrogen) atoms. The quantitative estimate of drug-likeness (QED) is 0.139. The third-order valence-corrected chi connectivity index (χ3v) is 5.08. The maximum atomic E-state index is 12.6. The summed E-state index contributed by atoms with van der Waals surface area (Å²) in [6, 6.07) is 0. The van der Waals surface area contributed by atoms with Crippen molar-refractivity contribution >= 4 is 20.1 Å². The molecule has 0 saturated heterocycles. The number of Topliss-reactive ketones (excluding diaryl/α,β-unsaturated/α-hetero) is 1. The normalized spacial score (nSPS) is 13.4. The van der Waals surface area contributed by atoms with Crippen LogP contribution in [0.25, 0.3) is 0 Å². The minimum atomic E-state index is -1.75. The number of carbonyl (C=O) groups is 2. The lowest BCUT2D eigenvalue weighted by atomic mass is 10.0. The first-order valence-corrected chi connectivity index (χ1v) is 13.8. The number of unbranched alkanes of at least 4 members (excludes halogenated alkanes) is 4. The summed E-state index contributed by atoms with van der Waals surface area (Å²) in [4.78, 5) is 23.6. The van der Waals surface area contributed by atoms with Crippen LogP contribution in [0, 0.1) is 0 Å². The van der Waals surface area contributed by atoms with Gasteiger partial charge in [-0.05, 0) is 45.3 Å². The minimum Gasteiger partial charge on any atom is -0.469 e. The fourth-order valence-electron chi connectivity index (χ4n) is 2.71. The lowest BCUT2D eigenvalue weighted by Gasteiger charge is -2.25. The van der Waals surface area contributed by atoms with Crippen LogP contribution in [-0.2, 0) is 18.8 Å². The Kier molecular flexibility index (Phi) is 15.1. The molecule has 156 valence electrons. The zero-order valence-electron chi connectivity index (χ0n) is 18.1. The van der Waals surface area contributed by atoms with Gasteiger partial charge in [0.05, 0.1) is 7.11 Å². The highest BCUT2D eigenvalue weighted by molar-refractivity contribution is 6.69. The molecule has 0 aliphatic rings. The molecule has 5 heteroatoms. The van der Waals surface area contributed by atoms with Crippen LogP contribution in [-0.4, -0.2) is 33.3 Å². The molecule has 0 rings (SSSR count). The Morgan fingerprint density at radius 1 is 0.926 bits per heavy atom. The zero-order valence-corrected chi connectivity index (χ0v) is 19.1. The molecule has 0 aromatic carbocycles. The Morgan fingerprint density at radius 3 is 2.19 bits per heavy atom. The van der Waals surface area contributed by atoms with Gasteiger partial charge in [0, 0.05) is 12.8 Å². The summed E-state index contributed by atoms with van der Waals surface area (Å²) in [5.41, 5.74) is 0. The van der Waals surface area contributed by atoms with Gasteiger partial charge in [-0.3, -0.25) is 9.59 Å². The first-order valence-electron chi connectivity index (χ1n) is 10.4. The van der Waals surface area contributed by atoms with Gasteiger partial charge in [-0.15, -0.1) is 0 Å². The molecule has 4 nitrogen and oxygen atoms in total. The van der Waals surface area contributed by atoms with Crippen molar-refractivity contribution in [2.24, 2.45) is 0 Å². The van der Waals surface area contributed by atoms with E-state index in [1.165, 1.54) is 7.11 Å². The number of esters is 1. The van der Waals surface area contributed by atoms with E-state index < -0.39 is 8.32 Å². The van der Waals surface area contributed by atoms with Crippen molar-refractivity contribution in [1.82, 2.24) is 0 Å². The van der Waals surface area contributed by atoms with Crippen LogP contribution in [0.1, 0.15) is 71.1 Å². The summed E-state index contributed by atoms with van der Waals surface area (Å²) in [5, 5.41) is 0. The maximum Gasteiger partial charge on any atom is 0.305 e. The lowest BCUT2D eigenvalue weighted by molar-refractivity contribution is -0.140. The number of methoxy groups -OCH3 is 1. The standard InChI is InChI=1S/C22H40O4Si/c1-6-7-8-9-11-14-17-20(23)21(26-27(3,4)5)18-15-12-10-13-16-19-22(24)25-2/h7-8,11,14,21H,6,9-10,12-13,15-19H2,1-5H3/b8-7+,14-11+. The van der Waals surface area contributed by atoms with Crippen molar-refractivity contribution < 1.29 is 18.8 Å². The number of ketones is 1. The molecule has 0 saturated carbocycles. The molecule has 0 aromatic heterocycles. The second-order valence-electron chi connectivity index (χ2n) is 7.86. The summed E-state index contributed by atoms with van der Waals surface area (Å²) in [6.07, 6.45) is 16.7. The highest BCUT2D eigenvalue weighted by Gasteiger charge is 2.25. The summed E-state index contributed by atoms with van der Waals surface area (Å²) in [6.45, 7) is 8.50. The van der Waals surface area contributed by atoms with E-state index in [-0.39, 0.29) is 17.9 Å². The molecular weight excluding hydrogens is 356 g/mol. The third kappa shape index (κ3) is 16.7. The van der Waals surface area contributed by atoms with Crippen molar-refractivity contribution in [2.45, 2.75) is 96.9 Å². The average Bonchev–Trinajstić information content (AvgIpc) is 2.61. The fourth-order valence-corrected chi connectivity index (χ4v) is 3.82. The summed E-state index contributed by atoms with van der Waals surface area (Å²) < 4.78 is 10.8. The van der Waals surface area contributed by atoms with E-state index in [4.69, 9.17) is 4.43 Å². The van der Waals surface area contributed by atoms with E-state index in [0.29, 0.717) is 12.8 Å². The van der Waals surface area contributed by atoms with Gasteiger partial charge in [-0.2, -0.15) is 0 Å². The van der Waals surface area contributed by atoms with Gasteiger partial charge in [0.1, 0.15) is 6.10 Å². The van der Waals surface area contributed by atoms with E-state index in [2.05, 4.69) is 49.5 Å². The smallest absolute Gasteiger partial charge is 0.305 e. The van der Waals surface area contributed by atoms with Crippen molar-refractivity contribution in [3.8, 4) is 0 Å². The topological polar surface area (TPSA) is 52.6 Å². The fraction of sp³-hybridized carbons (Fsp3) is 0.727. The number of carbonyl (C=O) groups excluding carboxylic acids is 2. The Morgan fingerprint density at radius 2 is 1.56 bits per heavy atom. The molecule has 0 aliphatic heterocycles. The molecule has 0 spiro atoms. The largest absolute Gasteiger partial charge is 0.469 e. The third-order valence-electron chi connectivity index (χ3n) is 4.09. The average molecular weight is 397 g/mol. The highest BCUT2D eigenvalue weighted by Crippen LogP contribution is 2.17. The summed E-state index contributed by atoms with van der Waals surface area (Å²) >= 11 is 0. The van der Waals surface area contributed by atoms with Crippen LogP contribution in [0.15, 0.2) is 24.3 Å². The number of rotatable bonds is 16. The van der Waals surface area contributed by atoms with E-state index in [1.807, 2.05) is 6.08 Å². The van der Waals surface area contributed by atoms with E-state index in [9.17, 15) is 9.59 Å². The van der Waals surface area contributed by atoms with E-state index >= 15 is 0 Å². The van der Waals surface area contributed by atoms with E-state index in [1.54, 1.807) is 0 Å². The second-order valence-corrected chi connectivity index (χ2v) is 12.3. The van der Waals surface area contributed by atoms with Crippen molar-refractivity contribution in [3.05, 3.63) is 24.3 Å². The number of hydrogen-bond acceptors (Lipinski definition) is 4. The monoisotopic (exact) mass is 396 g/mol. The molecule has 0 heterocycles. The Labute approximate surface area is 167 Å². The van der Waals surface area contributed by atoms with Gasteiger partial charge in [-0.25, -0.2) is 0 Å². The molecule has 0 aliphatic carbocycles. The molecule has 1 atom stereocenters. The Hall–Kier alpha value is -1.20. The SMILES string of the molecule is CC/C=C/C/C=C/CC(=O)C(CCCCCCCC(=O)OC)O[Si](C)(C)C. The zero-order chi connectivity index (χ0) is 20.5. The first-order chi connectivity index (χ1) is 12.8.